The van der Waals surface area contributed by atoms with Crippen LogP contribution in [-0.2, 0) is 63.4 Å². The van der Waals surface area contributed by atoms with E-state index in [1.807, 2.05) is 6.92 Å². The number of carbonyl (C=O) groups excluding carboxylic acids is 6. The van der Waals surface area contributed by atoms with Crippen LogP contribution in [0.2, 0.25) is 0 Å². The number of hydrogen-bond acceptors (Lipinski definition) is 13. The second kappa shape index (κ2) is 18.4. The molecule has 7 rings (SSSR count). The van der Waals surface area contributed by atoms with Gasteiger partial charge in [0.2, 0.25) is 11.8 Å². The van der Waals surface area contributed by atoms with Crippen molar-refractivity contribution >= 4 is 46.7 Å². The van der Waals surface area contributed by atoms with Crippen molar-refractivity contribution in [3.05, 3.63) is 56.9 Å². The molecular formula is C49H63N5O12. The van der Waals surface area contributed by atoms with Crippen LogP contribution in [0.4, 0.5) is 4.79 Å². The van der Waals surface area contributed by atoms with E-state index in [9.17, 15) is 38.7 Å². The van der Waals surface area contributed by atoms with Gasteiger partial charge in [-0.2, -0.15) is 0 Å². The average Bonchev–Trinajstić information content (AvgIpc) is 3.62. The normalized spacial score (nSPS) is 19.1. The summed E-state index contributed by atoms with van der Waals surface area (Å²) < 4.78 is 23.8. The number of aliphatic hydroxyl groups is 1. The molecule has 4 aliphatic rings. The third-order valence-electron chi connectivity index (χ3n) is 12.9. The van der Waals surface area contributed by atoms with Gasteiger partial charge >= 0.3 is 24.0 Å². The van der Waals surface area contributed by atoms with Crippen molar-refractivity contribution in [2.24, 2.45) is 5.41 Å². The lowest BCUT2D eigenvalue weighted by Gasteiger charge is -2.40. The van der Waals surface area contributed by atoms with Crippen LogP contribution in [0, 0.1) is 5.41 Å². The molecule has 2 saturated heterocycles. The van der Waals surface area contributed by atoms with Gasteiger partial charge in [-0.1, -0.05) is 19.8 Å². The second-order valence-corrected chi connectivity index (χ2v) is 20.0. The number of aryl methyl sites for hydroxylation is 1. The zero-order valence-corrected chi connectivity index (χ0v) is 39.5. The average molecular weight is 914 g/mol. The SMILES string of the molecule is CCc1c2c(nc3ccc(OC(=O)N4CCN(C(=O)CCCCCCC(=O)N5CCC(C(=O)OC(C)(C)C)(C(=O)OC(C)(C)C)CC5)CC4)cc13)-c1cc3c(c(=O)n1C2)COC(=O)[C@@]3(C)O. The molecule has 6 heterocycles. The molecule has 356 valence electrons. The van der Waals surface area contributed by atoms with Crippen molar-refractivity contribution < 1.29 is 52.8 Å². The van der Waals surface area contributed by atoms with Crippen LogP contribution in [-0.4, -0.2) is 116 Å². The minimum Gasteiger partial charge on any atom is -0.459 e. The number of aromatic nitrogens is 2. The highest BCUT2D eigenvalue weighted by molar-refractivity contribution is 6.01. The predicted molar refractivity (Wildman–Crippen MR) is 241 cm³/mol. The van der Waals surface area contributed by atoms with Gasteiger partial charge < -0.3 is 43.3 Å². The second-order valence-electron chi connectivity index (χ2n) is 20.0. The molecule has 17 heteroatoms. The summed E-state index contributed by atoms with van der Waals surface area (Å²) in [5.41, 5.74) is -1.33. The first-order chi connectivity index (χ1) is 31.0. The summed E-state index contributed by atoms with van der Waals surface area (Å²) in [6, 6.07) is 6.88. The van der Waals surface area contributed by atoms with Gasteiger partial charge in [-0.3, -0.25) is 24.0 Å². The fourth-order valence-electron chi connectivity index (χ4n) is 9.27. The molecule has 0 bridgehead atoms. The lowest BCUT2D eigenvalue weighted by Crippen LogP contribution is -2.53. The number of unbranched alkanes of at least 4 members (excludes halogenated alkanes) is 3. The lowest BCUT2D eigenvalue weighted by atomic mass is 9.77. The summed E-state index contributed by atoms with van der Waals surface area (Å²) in [6.45, 7) is 15.8. The Hall–Kier alpha value is -5.84. The topological polar surface area (TPSA) is 204 Å². The van der Waals surface area contributed by atoms with Gasteiger partial charge in [0.1, 0.15) is 23.6 Å². The molecule has 0 saturated carbocycles. The molecule has 4 aliphatic heterocycles. The molecule has 3 amide bonds. The standard InChI is InChI=1S/C49H63N5O12/c1-9-31-32-26-30(16-17-36(32)50-40-33(31)28-54-37(40)27-35-34(41(54)57)29-63-42(58)48(35,8)62)64-45(61)53-24-22-52(23-25-53)39(56)15-13-11-10-12-14-38(55)51-20-18-49(19-21-51,43(59)65-46(2,3)4)44(60)66-47(5,6)7/h16-17,26-27,62H,9-15,18-25,28-29H2,1-8H3/t48-/m0/s1. The third kappa shape index (κ3) is 9.81. The largest absolute Gasteiger partial charge is 0.459 e. The van der Waals surface area contributed by atoms with Crippen LogP contribution >= 0.6 is 0 Å². The number of fused-ring (bicyclic) bond motifs is 5. The van der Waals surface area contributed by atoms with E-state index in [1.54, 1.807) is 85.1 Å². The fraction of sp³-hybridized carbons (Fsp3) is 0.592. The first-order valence-corrected chi connectivity index (χ1v) is 23.1. The van der Waals surface area contributed by atoms with Crippen LogP contribution in [0.15, 0.2) is 29.1 Å². The summed E-state index contributed by atoms with van der Waals surface area (Å²) >= 11 is 0. The quantitative estimate of drug-likeness (QED) is 0.0853. The van der Waals surface area contributed by atoms with Crippen molar-refractivity contribution in [2.75, 3.05) is 39.3 Å². The Kier molecular flexibility index (Phi) is 13.4. The highest BCUT2D eigenvalue weighted by Crippen LogP contribution is 2.41. The molecule has 66 heavy (non-hydrogen) atoms. The number of esters is 3. The number of piperidine rings is 1. The number of amides is 3. The maximum Gasteiger partial charge on any atom is 0.415 e. The molecule has 0 spiro atoms. The van der Waals surface area contributed by atoms with Gasteiger partial charge in [-0.25, -0.2) is 14.6 Å². The highest BCUT2D eigenvalue weighted by atomic mass is 16.6. The van der Waals surface area contributed by atoms with Crippen LogP contribution in [0.3, 0.4) is 0 Å². The molecule has 2 fully saturated rings. The van der Waals surface area contributed by atoms with Gasteiger partial charge in [0, 0.05) is 68.6 Å². The van der Waals surface area contributed by atoms with Crippen LogP contribution < -0.4 is 10.3 Å². The molecular weight excluding hydrogens is 851 g/mol. The molecule has 1 aromatic carbocycles. The molecule has 1 N–H and O–H groups in total. The Morgan fingerprint density at radius 1 is 0.773 bits per heavy atom. The molecule has 2 aromatic heterocycles. The van der Waals surface area contributed by atoms with Crippen molar-refractivity contribution in [1.29, 1.82) is 0 Å². The van der Waals surface area contributed by atoms with Crippen molar-refractivity contribution in [1.82, 2.24) is 24.3 Å². The first kappa shape index (κ1) is 48.1. The van der Waals surface area contributed by atoms with Crippen molar-refractivity contribution in [3.8, 4) is 17.1 Å². The van der Waals surface area contributed by atoms with Gasteiger partial charge in [0.15, 0.2) is 11.0 Å². The lowest BCUT2D eigenvalue weighted by molar-refractivity contribution is -0.190. The number of benzene rings is 1. The number of hydrogen-bond donors (Lipinski definition) is 1. The first-order valence-electron chi connectivity index (χ1n) is 23.1. The Morgan fingerprint density at radius 2 is 1.33 bits per heavy atom. The van der Waals surface area contributed by atoms with E-state index in [1.165, 1.54) is 6.92 Å². The van der Waals surface area contributed by atoms with Crippen molar-refractivity contribution in [2.45, 2.75) is 143 Å². The summed E-state index contributed by atoms with van der Waals surface area (Å²) in [5.74, 6) is -1.72. The Morgan fingerprint density at radius 3 is 1.89 bits per heavy atom. The molecule has 1 atom stereocenters. The number of carbonyl (C=O) groups is 6. The zero-order chi connectivity index (χ0) is 47.9. The molecule has 3 aromatic rings. The van der Waals surface area contributed by atoms with E-state index in [-0.39, 0.29) is 67.6 Å². The van der Waals surface area contributed by atoms with Crippen molar-refractivity contribution in [3.63, 3.8) is 0 Å². The number of likely N-dealkylation sites (tertiary alicyclic amines) is 1. The maximum absolute atomic E-state index is 13.6. The zero-order valence-electron chi connectivity index (χ0n) is 39.5. The number of ether oxygens (including phenoxy) is 4. The number of piperazine rings is 1. The number of nitrogens with zero attached hydrogens (tertiary/aromatic N) is 5. The number of pyridine rings is 2. The summed E-state index contributed by atoms with van der Waals surface area (Å²) in [7, 11) is 0. The summed E-state index contributed by atoms with van der Waals surface area (Å²) in [6.07, 6.45) is 3.94. The summed E-state index contributed by atoms with van der Waals surface area (Å²) in [5, 5.41) is 11.7. The predicted octanol–water partition coefficient (Wildman–Crippen LogP) is 5.53. The van der Waals surface area contributed by atoms with Crippen LogP contribution in [0.5, 0.6) is 5.75 Å². The third-order valence-corrected chi connectivity index (χ3v) is 12.9. The van der Waals surface area contributed by atoms with E-state index in [2.05, 4.69) is 0 Å². The smallest absolute Gasteiger partial charge is 0.415 e. The monoisotopic (exact) mass is 913 g/mol. The molecule has 17 nitrogen and oxygen atoms in total. The molecule has 0 radical (unpaired) electrons. The molecule has 0 aliphatic carbocycles. The van der Waals surface area contributed by atoms with Crippen LogP contribution in [0.1, 0.15) is 129 Å². The Labute approximate surface area is 384 Å². The van der Waals surface area contributed by atoms with E-state index in [0.717, 1.165) is 29.4 Å². The highest BCUT2D eigenvalue weighted by Gasteiger charge is 2.53. The summed E-state index contributed by atoms with van der Waals surface area (Å²) in [4.78, 5) is 102. The Balaban J connectivity index is 0.849. The van der Waals surface area contributed by atoms with Gasteiger partial charge in [-0.05, 0) is 110 Å². The van der Waals surface area contributed by atoms with E-state index >= 15 is 0 Å². The Bertz CT molecular complexity index is 2470. The van der Waals surface area contributed by atoms with Crippen LogP contribution in [0.25, 0.3) is 22.3 Å². The maximum atomic E-state index is 13.6. The fourth-order valence-corrected chi connectivity index (χ4v) is 9.27. The van der Waals surface area contributed by atoms with Gasteiger partial charge in [0.25, 0.3) is 5.56 Å². The van der Waals surface area contributed by atoms with Gasteiger partial charge in [-0.15, -0.1) is 0 Å². The molecule has 0 unspecified atom stereocenters. The number of rotatable bonds is 11. The van der Waals surface area contributed by atoms with E-state index < -0.39 is 46.2 Å². The van der Waals surface area contributed by atoms with Gasteiger partial charge in [0.05, 0.1) is 29.0 Å². The minimum atomic E-state index is -1.96. The minimum absolute atomic E-state index is 0.0179. The van der Waals surface area contributed by atoms with E-state index in [0.29, 0.717) is 80.9 Å². The number of cyclic esters (lactones) is 1. The van der Waals surface area contributed by atoms with E-state index in [4.69, 9.17) is 23.9 Å².